The number of ketones is 2. The van der Waals surface area contributed by atoms with E-state index in [1.807, 2.05) is 0 Å². The van der Waals surface area contributed by atoms with Crippen molar-refractivity contribution >= 4 is 34.3 Å². The maximum Gasteiger partial charge on any atom is 0.308 e. The van der Waals surface area contributed by atoms with Gasteiger partial charge in [0.2, 0.25) is 6.29 Å². The summed E-state index contributed by atoms with van der Waals surface area (Å²) in [5.41, 5.74) is -1.66. The van der Waals surface area contributed by atoms with Gasteiger partial charge in [0.1, 0.15) is 65.6 Å². The van der Waals surface area contributed by atoms with Crippen molar-refractivity contribution in [2.45, 2.75) is 255 Å². The molecule has 5 saturated heterocycles. The predicted molar refractivity (Wildman–Crippen MR) is 287 cm³/mol. The lowest BCUT2D eigenvalue weighted by Gasteiger charge is -2.47. The number of fused-ring (bicyclic) bond motifs is 2. The molecular weight excluding hydrogens is 1110 g/mol. The van der Waals surface area contributed by atoms with Crippen molar-refractivity contribution < 1.29 is 126 Å². The summed E-state index contributed by atoms with van der Waals surface area (Å²) >= 11 is 0. The Hall–Kier alpha value is -4.30. The third kappa shape index (κ3) is 14.3. The van der Waals surface area contributed by atoms with E-state index < -0.39 is 194 Å². The van der Waals surface area contributed by atoms with Crippen molar-refractivity contribution in [3.05, 3.63) is 29.3 Å². The monoisotopic (exact) mass is 1200 g/mol. The average Bonchev–Trinajstić information content (AvgIpc) is 1.16. The van der Waals surface area contributed by atoms with Crippen LogP contribution in [0.2, 0.25) is 0 Å². The number of phenolic OH excluding ortho intramolecular Hbond substituents is 2. The van der Waals surface area contributed by atoms with E-state index in [0.29, 0.717) is 0 Å². The molecule has 472 valence electrons. The van der Waals surface area contributed by atoms with Crippen LogP contribution < -0.4 is 4.74 Å². The van der Waals surface area contributed by atoms with Gasteiger partial charge in [-0.05, 0) is 78.0 Å². The number of aromatic hydroxyl groups is 2. The Morgan fingerprint density at radius 1 is 0.690 bits per heavy atom. The first-order valence-electron chi connectivity index (χ1n) is 28.7. The number of hydrogen-bond donors (Lipinski definition) is 8. The summed E-state index contributed by atoms with van der Waals surface area (Å²) in [6.07, 6.45) is -25.9. The Balaban J connectivity index is 1.02. The van der Waals surface area contributed by atoms with Crippen LogP contribution in [0, 0.1) is 11.8 Å². The van der Waals surface area contributed by atoms with Crippen LogP contribution in [-0.4, -0.2) is 225 Å². The van der Waals surface area contributed by atoms with Gasteiger partial charge in [-0.1, -0.05) is 13.8 Å². The Kier molecular flexibility index (Phi) is 21.1. The Morgan fingerprint density at radius 3 is 1.81 bits per heavy atom. The fraction of sp³-hybridized carbons (Fsp3) is 0.759. The minimum absolute atomic E-state index is 0.0249. The summed E-state index contributed by atoms with van der Waals surface area (Å²) in [6.45, 7) is 15.4. The number of aliphatic hydroxyl groups is 6. The molecule has 84 heavy (non-hydrogen) atoms. The lowest BCUT2D eigenvalue weighted by molar-refractivity contribution is -0.334. The van der Waals surface area contributed by atoms with Crippen LogP contribution >= 0.6 is 0 Å². The zero-order valence-electron chi connectivity index (χ0n) is 49.3. The van der Waals surface area contributed by atoms with Gasteiger partial charge in [0.25, 0.3) is 0 Å². The largest absolute Gasteiger partial charge is 0.507 e. The SMILES string of the molecule is CO[C@@H]1[C@H](O)C[C@H](O[C@H]2C[C@H](Oc3cc(O)c4c(O)c5c(cc4c3)C[C@H]([C@@H](OC)C(=O)[C@H](O)[C@H](C)O)[C@H](O[C@H]3C[C@@H](O[C@H]4C[C@@H](O[C@H]6C[C@@](C)(O)[C@@H](OC(=O)C(C)C)[C@@H](C)O6)[C@@H](O)[C@@H](C)O4)[C@@H](O)[C@@H](C)O3)C5=O)O[C@H](C)[C@@H]2OC(C)=O)O[C@@H]1C. The van der Waals surface area contributed by atoms with Crippen LogP contribution in [0.3, 0.4) is 0 Å². The second-order valence-electron chi connectivity index (χ2n) is 23.7. The second-order valence-corrected chi connectivity index (χ2v) is 23.7. The van der Waals surface area contributed by atoms with Gasteiger partial charge in [-0.15, -0.1) is 0 Å². The number of benzene rings is 2. The molecule has 5 heterocycles. The van der Waals surface area contributed by atoms with E-state index in [1.54, 1.807) is 41.5 Å². The number of methoxy groups -OCH3 is 2. The molecule has 0 bridgehead atoms. The number of hydrogen-bond acceptors (Lipinski definition) is 26. The molecule has 26 nitrogen and oxygen atoms in total. The number of phenols is 2. The third-order valence-corrected chi connectivity index (χ3v) is 16.7. The molecule has 2 aromatic carbocycles. The molecule has 1 aliphatic carbocycles. The topological polar surface area (TPSA) is 359 Å². The van der Waals surface area contributed by atoms with Gasteiger partial charge >= 0.3 is 11.9 Å². The van der Waals surface area contributed by atoms with Crippen molar-refractivity contribution in [3.8, 4) is 17.2 Å². The number of Topliss-reactive ketones (excluding diaryl/α,β-unsaturated/α-hetero) is 2. The summed E-state index contributed by atoms with van der Waals surface area (Å²) in [4.78, 5) is 53.8. The Labute approximate surface area is 486 Å². The highest BCUT2D eigenvalue weighted by molar-refractivity contribution is 6.11. The lowest BCUT2D eigenvalue weighted by Crippen LogP contribution is -2.59. The smallest absolute Gasteiger partial charge is 0.308 e. The van der Waals surface area contributed by atoms with Crippen LogP contribution in [0.15, 0.2) is 18.2 Å². The van der Waals surface area contributed by atoms with Crippen LogP contribution in [0.5, 0.6) is 17.2 Å². The molecule has 0 spiro atoms. The summed E-state index contributed by atoms with van der Waals surface area (Å²) in [5, 5.41) is 89.9. The van der Waals surface area contributed by atoms with E-state index in [-0.39, 0.29) is 66.2 Å². The minimum Gasteiger partial charge on any atom is -0.507 e. The summed E-state index contributed by atoms with van der Waals surface area (Å²) in [6, 6.07) is 4.20. The van der Waals surface area contributed by atoms with E-state index in [1.165, 1.54) is 60.1 Å². The number of aliphatic hydroxyl groups excluding tert-OH is 5. The third-order valence-electron chi connectivity index (χ3n) is 16.7. The van der Waals surface area contributed by atoms with Crippen molar-refractivity contribution in [3.63, 3.8) is 0 Å². The molecule has 25 atom stereocenters. The molecule has 8 N–H and O–H groups in total. The van der Waals surface area contributed by atoms with Crippen molar-refractivity contribution in [2.75, 3.05) is 14.2 Å². The van der Waals surface area contributed by atoms with E-state index >= 15 is 4.79 Å². The number of ether oxygens (including phenoxy) is 14. The zero-order chi connectivity index (χ0) is 61.5. The molecule has 0 saturated carbocycles. The van der Waals surface area contributed by atoms with Crippen LogP contribution in [-0.2, 0) is 82.4 Å². The fourth-order valence-corrected chi connectivity index (χ4v) is 12.3. The maximum atomic E-state index is 15.1. The van der Waals surface area contributed by atoms with Crippen molar-refractivity contribution in [2.24, 2.45) is 11.8 Å². The molecule has 0 radical (unpaired) electrons. The molecular formula is C58H84O26. The molecule has 2 aromatic rings. The molecule has 6 aliphatic rings. The number of carbonyl (C=O) groups is 4. The van der Waals surface area contributed by atoms with E-state index in [9.17, 15) is 55.2 Å². The Morgan fingerprint density at radius 2 is 1.24 bits per heavy atom. The normalized spacial score (nSPS) is 39.5. The highest BCUT2D eigenvalue weighted by atomic mass is 16.7. The van der Waals surface area contributed by atoms with Gasteiger partial charge in [0.15, 0.2) is 48.9 Å². The predicted octanol–water partition coefficient (Wildman–Crippen LogP) is 1.87. The molecule has 0 aromatic heterocycles. The van der Waals surface area contributed by atoms with Gasteiger partial charge in [0, 0.05) is 65.2 Å². The molecule has 5 aliphatic heterocycles. The molecule has 8 rings (SSSR count). The van der Waals surface area contributed by atoms with Gasteiger partial charge in [-0.3, -0.25) is 19.2 Å². The number of rotatable bonds is 19. The maximum absolute atomic E-state index is 15.1. The van der Waals surface area contributed by atoms with Crippen LogP contribution in [0.1, 0.15) is 117 Å². The number of esters is 2. The molecule has 0 amide bonds. The highest BCUT2D eigenvalue weighted by Gasteiger charge is 2.53. The molecule has 0 unspecified atom stereocenters. The first-order chi connectivity index (χ1) is 39.5. The zero-order valence-corrected chi connectivity index (χ0v) is 49.3. The highest BCUT2D eigenvalue weighted by Crippen LogP contribution is 2.46. The summed E-state index contributed by atoms with van der Waals surface area (Å²) < 4.78 is 84.3. The van der Waals surface area contributed by atoms with E-state index in [0.717, 1.165) is 0 Å². The number of carbonyl (C=O) groups excluding carboxylic acids is 4. The van der Waals surface area contributed by atoms with Crippen LogP contribution in [0.4, 0.5) is 0 Å². The second kappa shape index (κ2) is 27.0. The first-order valence-corrected chi connectivity index (χ1v) is 28.7. The molecule has 26 heteroatoms. The van der Waals surface area contributed by atoms with Gasteiger partial charge in [-0.2, -0.15) is 0 Å². The lowest BCUT2D eigenvalue weighted by atomic mass is 9.75. The summed E-state index contributed by atoms with van der Waals surface area (Å²) in [7, 11) is 2.64. The van der Waals surface area contributed by atoms with Gasteiger partial charge in [-0.25, -0.2) is 0 Å². The summed E-state index contributed by atoms with van der Waals surface area (Å²) in [5.74, 6) is -5.78. The van der Waals surface area contributed by atoms with E-state index in [2.05, 4.69) is 0 Å². The first kappa shape index (κ1) is 65.7. The van der Waals surface area contributed by atoms with Crippen LogP contribution in [0.25, 0.3) is 10.8 Å². The average molecular weight is 1200 g/mol. The fourth-order valence-electron chi connectivity index (χ4n) is 12.3. The van der Waals surface area contributed by atoms with E-state index in [4.69, 9.17) is 66.3 Å². The Bertz CT molecular complexity index is 2620. The minimum atomic E-state index is -1.96. The van der Waals surface area contributed by atoms with Crippen molar-refractivity contribution in [1.29, 1.82) is 0 Å². The van der Waals surface area contributed by atoms with Gasteiger partial charge in [0.05, 0.1) is 71.8 Å². The molecule has 5 fully saturated rings. The quantitative estimate of drug-likeness (QED) is 0.0931. The van der Waals surface area contributed by atoms with Crippen molar-refractivity contribution in [1.82, 2.24) is 0 Å². The standard InChI is InChI=1S/C58H84O26/c1-22(2)57(69)84-56-28(8)77-43(21-58(56,10)70)81-37-18-41(73-24(4)48(37)65)80-36-19-42(74-25(5)47(36)64)83-55-33(54(72-12)51(68)46(63)23(3)59)15-31-13-30-14-32(16-34(61)44(30)49(66)45(31)50(55)67)79-40-20-38(53(27(7)76-40)78-29(9)60)82-39-17-35(62)52(71-11)26(6)75-39/h13-14,16,22-28,33,35-43,46-48,52-56,59,61-66,70H,15,17-21H2,1-12H3/t23-,24+,25+,26+,27+,28+,33+,35+,36+,37+,38-,39-,40-,41-,42-,43-,46+,47-,48-,52-,53-,54+,55-,56-,58+/m0/s1. The van der Waals surface area contributed by atoms with Gasteiger partial charge < -0.3 is 107 Å².